The number of aromatic amines is 1. The summed E-state index contributed by atoms with van der Waals surface area (Å²) in [5.74, 6) is 0.934. The highest BCUT2D eigenvalue weighted by Crippen LogP contribution is 2.34. The number of anilines is 3. The number of pyridine rings is 2. The molecule has 5 rings (SSSR count). The van der Waals surface area contributed by atoms with E-state index >= 15 is 0 Å². The lowest BCUT2D eigenvalue weighted by molar-refractivity contribution is 0.252. The molecule has 2 amide bonds. The van der Waals surface area contributed by atoms with Crippen molar-refractivity contribution in [2.45, 2.75) is 6.92 Å². The predicted octanol–water partition coefficient (Wildman–Crippen LogP) is 4.53. The number of fused-ring (bicyclic) bond motifs is 1. The molecule has 36 heavy (non-hydrogen) atoms. The number of aromatic nitrogens is 6. The Morgan fingerprint density at radius 3 is 2.56 bits per heavy atom. The molecule has 4 aromatic heterocycles. The Morgan fingerprint density at radius 1 is 1.03 bits per heavy atom. The maximum atomic E-state index is 14.7. The second-order valence-corrected chi connectivity index (χ2v) is 7.84. The lowest BCUT2D eigenvalue weighted by Crippen LogP contribution is -2.28. The van der Waals surface area contributed by atoms with Gasteiger partial charge in [0.15, 0.2) is 0 Å². The van der Waals surface area contributed by atoms with Crippen LogP contribution in [0.3, 0.4) is 0 Å². The lowest BCUT2D eigenvalue weighted by Gasteiger charge is -2.15. The molecule has 0 unspecified atom stereocenters. The molecule has 1 aromatic carbocycles. The number of amides is 2. The van der Waals surface area contributed by atoms with E-state index in [-0.39, 0.29) is 11.6 Å². The van der Waals surface area contributed by atoms with Gasteiger partial charge in [0.05, 0.1) is 5.52 Å². The van der Waals surface area contributed by atoms with Gasteiger partial charge in [0, 0.05) is 49.5 Å². The molecule has 3 N–H and O–H groups in total. The van der Waals surface area contributed by atoms with Gasteiger partial charge in [-0.05, 0) is 48.9 Å². The first-order valence-corrected chi connectivity index (χ1v) is 11.2. The minimum Gasteiger partial charge on any atom is -0.338 e. The molecular formula is C25H22FN9O. The normalized spacial score (nSPS) is 10.9. The van der Waals surface area contributed by atoms with Crippen LogP contribution < -0.4 is 15.5 Å². The van der Waals surface area contributed by atoms with Crippen molar-refractivity contribution in [2.24, 2.45) is 0 Å². The SMILES string of the molecule is CCNC(=O)Nc1nc2c(-c3ncccc3F)cc(-c3cnc(N(C)c4ccccn4)nc3)cc2[nH]1. The predicted molar refractivity (Wildman–Crippen MR) is 135 cm³/mol. The molecule has 5 aromatic rings. The number of rotatable bonds is 6. The van der Waals surface area contributed by atoms with Crippen LogP contribution in [0.2, 0.25) is 0 Å². The van der Waals surface area contributed by atoms with Gasteiger partial charge < -0.3 is 10.3 Å². The molecule has 0 fully saturated rings. The van der Waals surface area contributed by atoms with Gasteiger partial charge in [-0.1, -0.05) is 6.07 Å². The van der Waals surface area contributed by atoms with Crippen LogP contribution in [0.5, 0.6) is 0 Å². The molecule has 180 valence electrons. The number of hydrogen-bond acceptors (Lipinski definition) is 7. The fourth-order valence-corrected chi connectivity index (χ4v) is 3.72. The molecule has 0 bridgehead atoms. The first-order valence-electron chi connectivity index (χ1n) is 11.2. The van der Waals surface area contributed by atoms with Gasteiger partial charge in [0.25, 0.3) is 0 Å². The van der Waals surface area contributed by atoms with Crippen LogP contribution in [0.4, 0.5) is 26.9 Å². The first-order chi connectivity index (χ1) is 17.5. The molecule has 4 heterocycles. The van der Waals surface area contributed by atoms with Crippen LogP contribution >= 0.6 is 0 Å². The smallest absolute Gasteiger partial charge is 0.321 e. The van der Waals surface area contributed by atoms with Gasteiger partial charge >= 0.3 is 6.03 Å². The van der Waals surface area contributed by atoms with Crippen molar-refractivity contribution in [1.82, 2.24) is 35.2 Å². The summed E-state index contributed by atoms with van der Waals surface area (Å²) in [7, 11) is 1.83. The Kier molecular flexibility index (Phi) is 6.18. The second kappa shape index (κ2) is 9.74. The molecule has 0 spiro atoms. The summed E-state index contributed by atoms with van der Waals surface area (Å²) >= 11 is 0. The highest BCUT2D eigenvalue weighted by molar-refractivity contribution is 5.98. The second-order valence-electron chi connectivity index (χ2n) is 7.84. The molecule has 0 aliphatic carbocycles. The van der Waals surface area contributed by atoms with Crippen LogP contribution in [0, 0.1) is 5.82 Å². The van der Waals surface area contributed by atoms with Crippen LogP contribution in [-0.4, -0.2) is 49.5 Å². The van der Waals surface area contributed by atoms with Crippen molar-refractivity contribution >= 4 is 34.8 Å². The number of nitrogens with zero attached hydrogens (tertiary/aromatic N) is 6. The van der Waals surface area contributed by atoms with Crippen molar-refractivity contribution in [3.05, 3.63) is 73.1 Å². The standard InChI is InChI=1S/C25H22FN9O/c1-3-27-25(36)34-23-32-19-12-15(11-17(22(19)33-23)21-18(26)7-6-10-29-21)16-13-30-24(31-14-16)35(2)20-8-4-5-9-28-20/h4-14H,3H2,1-2H3,(H3,27,32,33,34,36). The number of nitrogens with one attached hydrogen (secondary N) is 3. The van der Waals surface area contributed by atoms with Crippen LogP contribution in [-0.2, 0) is 0 Å². The van der Waals surface area contributed by atoms with E-state index in [0.29, 0.717) is 40.5 Å². The average molecular weight is 484 g/mol. The van der Waals surface area contributed by atoms with E-state index in [9.17, 15) is 9.18 Å². The molecule has 0 saturated carbocycles. The number of urea groups is 1. The fourth-order valence-electron chi connectivity index (χ4n) is 3.72. The Labute approximate surface area is 205 Å². The number of carbonyl (C=O) groups excluding carboxylic acids is 1. The maximum absolute atomic E-state index is 14.7. The molecule has 0 atom stereocenters. The summed E-state index contributed by atoms with van der Waals surface area (Å²) in [6.07, 6.45) is 6.59. The number of carbonyl (C=O) groups is 1. The Balaban J connectivity index is 1.57. The minimum absolute atomic E-state index is 0.146. The summed E-state index contributed by atoms with van der Waals surface area (Å²) in [5.41, 5.74) is 3.11. The zero-order valence-electron chi connectivity index (χ0n) is 19.5. The Hall–Kier alpha value is -4.93. The summed E-state index contributed by atoms with van der Waals surface area (Å²) in [5, 5.41) is 5.30. The van der Waals surface area contributed by atoms with E-state index in [1.807, 2.05) is 38.2 Å². The monoisotopic (exact) mass is 483 g/mol. The summed E-state index contributed by atoms with van der Waals surface area (Å²) in [4.78, 5) is 38.9. The molecule has 0 aliphatic rings. The number of hydrogen-bond donors (Lipinski definition) is 3. The summed E-state index contributed by atoms with van der Waals surface area (Å²) < 4.78 is 14.7. The Bertz CT molecular complexity index is 1520. The van der Waals surface area contributed by atoms with Gasteiger partial charge in [0.2, 0.25) is 11.9 Å². The van der Waals surface area contributed by atoms with Crippen LogP contribution in [0.15, 0.2) is 67.3 Å². The molecule has 0 saturated heterocycles. The van der Waals surface area contributed by atoms with Crippen molar-refractivity contribution < 1.29 is 9.18 Å². The van der Waals surface area contributed by atoms with E-state index in [1.54, 1.807) is 29.6 Å². The van der Waals surface area contributed by atoms with Crippen molar-refractivity contribution in [1.29, 1.82) is 0 Å². The van der Waals surface area contributed by atoms with E-state index in [4.69, 9.17) is 0 Å². The van der Waals surface area contributed by atoms with Crippen molar-refractivity contribution in [2.75, 3.05) is 23.8 Å². The van der Waals surface area contributed by atoms with Gasteiger partial charge in [0.1, 0.15) is 22.8 Å². The molecular weight excluding hydrogens is 461 g/mol. The Morgan fingerprint density at radius 2 is 1.83 bits per heavy atom. The van der Waals surface area contributed by atoms with Gasteiger partial charge in [-0.25, -0.2) is 29.1 Å². The van der Waals surface area contributed by atoms with Gasteiger partial charge in [-0.3, -0.25) is 15.2 Å². The van der Waals surface area contributed by atoms with E-state index in [0.717, 1.165) is 5.56 Å². The van der Waals surface area contributed by atoms with E-state index in [2.05, 4.69) is 40.5 Å². The van der Waals surface area contributed by atoms with Gasteiger partial charge in [-0.2, -0.15) is 0 Å². The topological polar surface area (TPSA) is 125 Å². The third-order valence-electron chi connectivity index (χ3n) is 5.43. The largest absolute Gasteiger partial charge is 0.338 e. The molecule has 0 aliphatic heterocycles. The number of benzene rings is 1. The maximum Gasteiger partial charge on any atom is 0.321 e. The van der Waals surface area contributed by atoms with Crippen LogP contribution in [0.25, 0.3) is 33.4 Å². The number of imidazole rings is 1. The van der Waals surface area contributed by atoms with Gasteiger partial charge in [-0.15, -0.1) is 0 Å². The highest BCUT2D eigenvalue weighted by Gasteiger charge is 2.17. The third-order valence-corrected chi connectivity index (χ3v) is 5.43. The molecule has 11 heteroatoms. The van der Waals surface area contributed by atoms with Crippen LogP contribution in [0.1, 0.15) is 6.92 Å². The first kappa shape index (κ1) is 22.8. The summed E-state index contributed by atoms with van der Waals surface area (Å²) in [6.45, 7) is 2.28. The fraction of sp³-hybridized carbons (Fsp3) is 0.120. The minimum atomic E-state index is -0.485. The highest BCUT2D eigenvalue weighted by atomic mass is 19.1. The zero-order valence-corrected chi connectivity index (χ0v) is 19.5. The zero-order chi connectivity index (χ0) is 25.1. The van der Waals surface area contributed by atoms with E-state index in [1.165, 1.54) is 18.3 Å². The van der Waals surface area contributed by atoms with Crippen molar-refractivity contribution in [3.8, 4) is 22.4 Å². The number of halogens is 1. The van der Waals surface area contributed by atoms with Crippen molar-refractivity contribution in [3.63, 3.8) is 0 Å². The molecule has 10 nitrogen and oxygen atoms in total. The molecule has 0 radical (unpaired) electrons. The van der Waals surface area contributed by atoms with E-state index < -0.39 is 11.8 Å². The lowest BCUT2D eigenvalue weighted by atomic mass is 10.0. The quantitative estimate of drug-likeness (QED) is 0.324. The third kappa shape index (κ3) is 4.53. The average Bonchev–Trinajstić information content (AvgIpc) is 3.31. The number of H-pyrrole nitrogens is 1. The summed E-state index contributed by atoms with van der Waals surface area (Å²) in [6, 6.07) is 11.7.